The maximum Gasteiger partial charge on any atom is 0.243 e. The van der Waals surface area contributed by atoms with Crippen LogP contribution in [0.4, 0.5) is 0 Å². The van der Waals surface area contributed by atoms with Gasteiger partial charge in [-0.1, -0.05) is 33.6 Å². The molecule has 2 saturated heterocycles. The molecule has 2 heterocycles. The van der Waals surface area contributed by atoms with Gasteiger partial charge in [0.25, 0.3) is 0 Å². The molecular weight excluding hydrogens is 458 g/mol. The van der Waals surface area contributed by atoms with Crippen LogP contribution in [0.3, 0.4) is 0 Å². The van der Waals surface area contributed by atoms with Crippen molar-refractivity contribution in [3.63, 3.8) is 0 Å². The molecule has 5 atom stereocenters. The van der Waals surface area contributed by atoms with Crippen molar-refractivity contribution in [2.24, 2.45) is 28.6 Å². The van der Waals surface area contributed by atoms with Crippen molar-refractivity contribution in [2.75, 3.05) is 26.2 Å². The maximum absolute atomic E-state index is 14.0. The van der Waals surface area contributed by atoms with Gasteiger partial charge in [0.05, 0.1) is 10.8 Å². The molecule has 6 nitrogen and oxygen atoms in total. The van der Waals surface area contributed by atoms with Gasteiger partial charge in [0.1, 0.15) is 6.04 Å². The topological polar surface area (TPSA) is 69.7 Å². The molecule has 3 amide bonds. The summed E-state index contributed by atoms with van der Waals surface area (Å²) in [6.45, 7) is 11.3. The van der Waals surface area contributed by atoms with Crippen molar-refractivity contribution in [2.45, 2.75) is 101 Å². The normalized spacial score (nSPS) is 39.3. The van der Waals surface area contributed by atoms with E-state index in [4.69, 9.17) is 0 Å². The number of fused-ring (bicyclic) bond motifs is 1. The lowest BCUT2D eigenvalue weighted by Crippen LogP contribution is -2.53. The number of amides is 3. The number of carbonyl (C=O) groups is 3. The van der Waals surface area contributed by atoms with Crippen LogP contribution in [0.1, 0.15) is 85.5 Å². The van der Waals surface area contributed by atoms with Crippen molar-refractivity contribution in [1.82, 2.24) is 15.1 Å². The van der Waals surface area contributed by atoms with Gasteiger partial charge in [-0.2, -0.15) is 0 Å². The first kappa shape index (κ1) is 24.1. The number of rotatable bonds is 7. The predicted molar refractivity (Wildman–Crippen MR) is 138 cm³/mol. The minimum Gasteiger partial charge on any atom is -0.355 e. The molecule has 0 aromatic carbocycles. The summed E-state index contributed by atoms with van der Waals surface area (Å²) >= 11 is 2.04. The van der Waals surface area contributed by atoms with Gasteiger partial charge < -0.3 is 15.1 Å². The summed E-state index contributed by atoms with van der Waals surface area (Å²) in [6.07, 6.45) is 9.49. The first-order valence-corrected chi connectivity index (χ1v) is 15.0. The highest BCUT2D eigenvalue weighted by Crippen LogP contribution is 2.93. The van der Waals surface area contributed by atoms with E-state index in [0.29, 0.717) is 38.0 Å². The molecule has 194 valence electrons. The SMILES string of the molecule is CCNC(=O)[C@H](C1CCCC1)N1CC[C@]2(CCN(C(=O)C34CC3(SC(C)(C)C)C4C3CC3)C2)C1=O. The van der Waals surface area contributed by atoms with Gasteiger partial charge in [0.15, 0.2) is 0 Å². The van der Waals surface area contributed by atoms with E-state index in [1.807, 2.05) is 23.6 Å². The Labute approximate surface area is 214 Å². The lowest BCUT2D eigenvalue weighted by molar-refractivity contribution is -0.144. The smallest absolute Gasteiger partial charge is 0.243 e. The van der Waals surface area contributed by atoms with Crippen LogP contribution in [0, 0.1) is 28.6 Å². The highest BCUT2D eigenvalue weighted by atomic mass is 32.2. The minimum absolute atomic E-state index is 0.0156. The Bertz CT molecular complexity index is 938. The van der Waals surface area contributed by atoms with Gasteiger partial charge in [-0.15, -0.1) is 11.8 Å². The third-order valence-corrected chi connectivity index (χ3v) is 11.8. The number of likely N-dealkylation sites (tertiary alicyclic amines) is 2. The molecule has 0 radical (unpaired) electrons. The van der Waals surface area contributed by atoms with Crippen molar-refractivity contribution in [1.29, 1.82) is 0 Å². The number of likely N-dealkylation sites (N-methyl/N-ethyl adjacent to an activating group) is 1. The molecule has 2 aliphatic heterocycles. The van der Waals surface area contributed by atoms with E-state index in [0.717, 1.165) is 50.9 Å². The Morgan fingerprint density at radius 1 is 1.11 bits per heavy atom. The Morgan fingerprint density at radius 2 is 1.80 bits per heavy atom. The highest BCUT2D eigenvalue weighted by Gasteiger charge is 2.97. The van der Waals surface area contributed by atoms with Gasteiger partial charge in [0.2, 0.25) is 17.7 Å². The maximum atomic E-state index is 14.0. The molecule has 7 heteroatoms. The molecule has 6 aliphatic rings. The summed E-state index contributed by atoms with van der Waals surface area (Å²) in [4.78, 5) is 44.9. The molecule has 1 spiro atoms. The first-order chi connectivity index (χ1) is 16.6. The molecule has 0 aromatic rings. The van der Waals surface area contributed by atoms with Crippen LogP contribution in [0.15, 0.2) is 0 Å². The van der Waals surface area contributed by atoms with Crippen LogP contribution in [0.25, 0.3) is 0 Å². The zero-order valence-electron chi connectivity index (χ0n) is 22.0. The zero-order valence-corrected chi connectivity index (χ0v) is 22.8. The molecule has 6 fully saturated rings. The fraction of sp³-hybridized carbons (Fsp3) is 0.893. The van der Waals surface area contributed by atoms with E-state index in [1.165, 1.54) is 12.8 Å². The number of nitrogens with one attached hydrogen (secondary N) is 1. The summed E-state index contributed by atoms with van der Waals surface area (Å²) < 4.78 is 0.324. The molecule has 4 saturated carbocycles. The van der Waals surface area contributed by atoms with E-state index in [-0.39, 0.29) is 38.7 Å². The van der Waals surface area contributed by atoms with Crippen LogP contribution >= 0.6 is 11.8 Å². The summed E-state index contributed by atoms with van der Waals surface area (Å²) in [5.41, 5.74) is -0.624. The van der Waals surface area contributed by atoms with Crippen molar-refractivity contribution < 1.29 is 14.4 Å². The predicted octanol–water partition coefficient (Wildman–Crippen LogP) is 3.83. The summed E-state index contributed by atoms with van der Waals surface area (Å²) in [5, 5.41) is 3.00. The lowest BCUT2D eigenvalue weighted by atomic mass is 9.85. The molecular formula is C28H43N3O3S. The van der Waals surface area contributed by atoms with Crippen LogP contribution in [0.2, 0.25) is 0 Å². The fourth-order valence-corrected chi connectivity index (χ4v) is 10.6. The van der Waals surface area contributed by atoms with E-state index >= 15 is 0 Å². The van der Waals surface area contributed by atoms with E-state index in [2.05, 4.69) is 31.0 Å². The number of nitrogens with zero attached hydrogens (tertiary/aromatic N) is 2. The Hall–Kier alpha value is -1.24. The van der Waals surface area contributed by atoms with Crippen molar-refractivity contribution >= 4 is 29.5 Å². The van der Waals surface area contributed by atoms with E-state index in [9.17, 15) is 14.4 Å². The minimum atomic E-state index is -0.478. The van der Waals surface area contributed by atoms with Gasteiger partial charge in [-0.05, 0) is 69.6 Å². The van der Waals surface area contributed by atoms with E-state index in [1.54, 1.807) is 0 Å². The molecule has 0 bridgehead atoms. The summed E-state index contributed by atoms with van der Waals surface area (Å²) in [6, 6.07) is -0.338. The Morgan fingerprint density at radius 3 is 2.43 bits per heavy atom. The van der Waals surface area contributed by atoms with Crippen molar-refractivity contribution in [3.05, 3.63) is 0 Å². The van der Waals surface area contributed by atoms with Gasteiger partial charge in [0, 0.05) is 35.7 Å². The average molecular weight is 502 g/mol. The Balaban J connectivity index is 1.17. The monoisotopic (exact) mass is 501 g/mol. The second kappa shape index (κ2) is 7.88. The summed E-state index contributed by atoms with van der Waals surface area (Å²) in [7, 11) is 0. The van der Waals surface area contributed by atoms with Gasteiger partial charge in [-0.3, -0.25) is 14.4 Å². The van der Waals surface area contributed by atoms with Crippen LogP contribution in [0.5, 0.6) is 0 Å². The summed E-state index contributed by atoms with van der Waals surface area (Å²) in [5.74, 6) is 2.06. The quantitative estimate of drug-likeness (QED) is 0.576. The van der Waals surface area contributed by atoms with Crippen LogP contribution < -0.4 is 5.32 Å². The number of hydrogen-bond donors (Lipinski definition) is 1. The van der Waals surface area contributed by atoms with Gasteiger partial charge >= 0.3 is 0 Å². The highest BCUT2D eigenvalue weighted by molar-refractivity contribution is 8.02. The zero-order chi connectivity index (χ0) is 24.8. The van der Waals surface area contributed by atoms with Crippen molar-refractivity contribution in [3.8, 4) is 0 Å². The van der Waals surface area contributed by atoms with Gasteiger partial charge in [-0.25, -0.2) is 0 Å². The second-order valence-electron chi connectivity index (χ2n) is 13.5. The number of hydrogen-bond acceptors (Lipinski definition) is 4. The van der Waals surface area contributed by atoms with E-state index < -0.39 is 5.41 Å². The Kier molecular flexibility index (Phi) is 5.43. The molecule has 0 aromatic heterocycles. The van der Waals surface area contributed by atoms with Crippen LogP contribution in [-0.4, -0.2) is 69.2 Å². The fourth-order valence-electron chi connectivity index (χ4n) is 8.38. The largest absolute Gasteiger partial charge is 0.355 e. The third-order valence-electron chi connectivity index (χ3n) is 10.1. The second-order valence-corrected chi connectivity index (χ2v) is 15.6. The average Bonchev–Trinajstić information content (AvgIpc) is 3.64. The first-order valence-electron chi connectivity index (χ1n) is 14.2. The lowest BCUT2D eigenvalue weighted by Gasteiger charge is -2.33. The molecule has 4 aliphatic carbocycles. The van der Waals surface area contributed by atoms with Crippen LogP contribution in [-0.2, 0) is 14.4 Å². The molecule has 1 N–H and O–H groups in total. The molecule has 6 rings (SSSR count). The standard InChI is InChI=1S/C28H43N3O3S/c1-5-29-22(32)20(18-8-6-7-9-18)31-15-13-26(23(31)33)12-14-30(17-26)24(34)27-16-28(27,35-25(2,3)4)21(27)19-10-11-19/h18-21H,5-17H2,1-4H3,(H,29,32)/t20-,21?,26-,27?,28?/m0/s1. The molecule has 3 unspecified atom stereocenters. The third kappa shape index (κ3) is 3.53. The number of carbonyl (C=O) groups excluding carboxylic acids is 3. The molecule has 35 heavy (non-hydrogen) atoms. The number of thioether (sulfide) groups is 1.